The molecule has 1 unspecified atom stereocenters. The van der Waals surface area contributed by atoms with Crippen molar-refractivity contribution < 1.29 is 24.0 Å². The minimum absolute atomic E-state index is 0.0344. The number of rotatable bonds is 7. The van der Waals surface area contributed by atoms with Gasteiger partial charge in [0.2, 0.25) is 0 Å². The van der Waals surface area contributed by atoms with Crippen LogP contribution in [0.5, 0.6) is 5.75 Å². The molecule has 1 aliphatic heterocycles. The smallest absolute Gasteiger partial charge is 0.289 e. The highest BCUT2D eigenvalue weighted by molar-refractivity contribution is 5.91. The lowest BCUT2D eigenvalue weighted by Crippen LogP contribution is -2.50. The molecule has 9 nitrogen and oxygen atoms in total. The van der Waals surface area contributed by atoms with Gasteiger partial charge in [0.25, 0.3) is 11.6 Å². The maximum absolute atomic E-state index is 12.2. The highest BCUT2D eigenvalue weighted by atomic mass is 16.6. The second-order valence-electron chi connectivity index (χ2n) is 6.29. The molecule has 1 saturated heterocycles. The van der Waals surface area contributed by atoms with Crippen LogP contribution in [-0.4, -0.2) is 71.2 Å². The van der Waals surface area contributed by atoms with Gasteiger partial charge in [-0.25, -0.2) is 0 Å². The standard InChI is InChI=1S/C18H21N3O6/c22-15(13-27-16-4-1-3-14(11-16)21(24)25)12-19-6-8-20(9-7-19)18(23)17-5-2-10-26-17/h1-5,10-11,15,22H,6-9,12-13H2. The number of aliphatic hydroxyl groups excluding tert-OH is 1. The van der Waals surface area contributed by atoms with Crippen LogP contribution in [0.15, 0.2) is 47.1 Å². The van der Waals surface area contributed by atoms with E-state index >= 15 is 0 Å². The molecule has 2 aromatic rings. The predicted molar refractivity (Wildman–Crippen MR) is 95.6 cm³/mol. The predicted octanol–water partition coefficient (Wildman–Crippen LogP) is 1.39. The van der Waals surface area contributed by atoms with Crippen LogP contribution in [0.2, 0.25) is 0 Å². The molecule has 0 saturated carbocycles. The Labute approximate surface area is 155 Å². The fraction of sp³-hybridized carbons (Fsp3) is 0.389. The molecule has 0 radical (unpaired) electrons. The van der Waals surface area contributed by atoms with Gasteiger partial charge in [0.1, 0.15) is 18.5 Å². The lowest BCUT2D eigenvalue weighted by Gasteiger charge is -2.35. The summed E-state index contributed by atoms with van der Waals surface area (Å²) in [5.74, 6) is 0.542. The Morgan fingerprint density at radius 2 is 2.04 bits per heavy atom. The summed E-state index contributed by atoms with van der Waals surface area (Å²) in [7, 11) is 0. The van der Waals surface area contributed by atoms with Gasteiger partial charge < -0.3 is 19.2 Å². The van der Waals surface area contributed by atoms with Crippen molar-refractivity contribution in [2.75, 3.05) is 39.3 Å². The number of β-amino-alcohol motifs (C(OH)–C–C–N with tert-alkyl or cyclic N) is 1. The first kappa shape index (κ1) is 18.9. The molecule has 1 aromatic carbocycles. The third kappa shape index (κ3) is 5.05. The Hall–Kier alpha value is -2.91. The quantitative estimate of drug-likeness (QED) is 0.575. The summed E-state index contributed by atoms with van der Waals surface area (Å²) in [5, 5.41) is 20.9. The average molecular weight is 375 g/mol. The van der Waals surface area contributed by atoms with E-state index in [9.17, 15) is 20.0 Å². The largest absolute Gasteiger partial charge is 0.491 e. The number of piperazine rings is 1. The molecule has 2 heterocycles. The number of non-ortho nitro benzene ring substituents is 1. The molecule has 1 amide bonds. The Kier molecular flexibility index (Phi) is 6.05. The summed E-state index contributed by atoms with van der Waals surface area (Å²) < 4.78 is 10.6. The van der Waals surface area contributed by atoms with Gasteiger partial charge >= 0.3 is 0 Å². The summed E-state index contributed by atoms with van der Waals surface area (Å²) >= 11 is 0. The number of nitro groups is 1. The topological polar surface area (TPSA) is 109 Å². The number of carbonyl (C=O) groups is 1. The number of carbonyl (C=O) groups excluding carboxylic acids is 1. The molecular weight excluding hydrogens is 354 g/mol. The van der Waals surface area contributed by atoms with Crippen LogP contribution in [0.4, 0.5) is 5.69 Å². The summed E-state index contributed by atoms with van der Waals surface area (Å²) in [5.41, 5.74) is -0.0562. The molecule has 1 atom stereocenters. The number of amides is 1. The molecule has 0 aliphatic carbocycles. The van der Waals surface area contributed by atoms with E-state index in [4.69, 9.17) is 9.15 Å². The zero-order chi connectivity index (χ0) is 19.2. The summed E-state index contributed by atoms with van der Waals surface area (Å²) in [6, 6.07) is 9.18. The molecule has 1 aromatic heterocycles. The van der Waals surface area contributed by atoms with Crippen molar-refractivity contribution in [2.45, 2.75) is 6.10 Å². The van der Waals surface area contributed by atoms with Gasteiger partial charge in [-0.05, 0) is 18.2 Å². The molecule has 0 spiro atoms. The van der Waals surface area contributed by atoms with Crippen molar-refractivity contribution in [1.29, 1.82) is 0 Å². The number of nitro benzene ring substituents is 1. The fourth-order valence-corrected chi connectivity index (χ4v) is 2.92. The SMILES string of the molecule is O=C(c1ccco1)N1CCN(CC(O)COc2cccc([N+](=O)[O-])c2)CC1. The third-order valence-corrected chi connectivity index (χ3v) is 4.33. The van der Waals surface area contributed by atoms with Crippen molar-refractivity contribution in [3.63, 3.8) is 0 Å². The van der Waals surface area contributed by atoms with E-state index in [1.165, 1.54) is 24.5 Å². The van der Waals surface area contributed by atoms with Crippen molar-refractivity contribution in [2.24, 2.45) is 0 Å². The van der Waals surface area contributed by atoms with Gasteiger partial charge in [-0.2, -0.15) is 0 Å². The van der Waals surface area contributed by atoms with Gasteiger partial charge in [-0.1, -0.05) is 6.07 Å². The van der Waals surface area contributed by atoms with E-state index < -0.39 is 11.0 Å². The van der Waals surface area contributed by atoms with Gasteiger partial charge in [-0.15, -0.1) is 0 Å². The zero-order valence-corrected chi connectivity index (χ0v) is 14.7. The minimum Gasteiger partial charge on any atom is -0.491 e. The number of nitrogens with zero attached hydrogens (tertiary/aromatic N) is 3. The van der Waals surface area contributed by atoms with Crippen molar-refractivity contribution in [1.82, 2.24) is 9.80 Å². The lowest BCUT2D eigenvalue weighted by atomic mass is 10.2. The van der Waals surface area contributed by atoms with E-state index in [-0.39, 0.29) is 18.2 Å². The number of hydrogen-bond acceptors (Lipinski definition) is 7. The van der Waals surface area contributed by atoms with E-state index in [1.807, 2.05) is 4.90 Å². The first-order valence-corrected chi connectivity index (χ1v) is 8.63. The maximum atomic E-state index is 12.2. The van der Waals surface area contributed by atoms with Crippen LogP contribution < -0.4 is 4.74 Å². The monoisotopic (exact) mass is 375 g/mol. The van der Waals surface area contributed by atoms with Gasteiger partial charge in [-0.3, -0.25) is 19.8 Å². The van der Waals surface area contributed by atoms with Crippen LogP contribution in [0.1, 0.15) is 10.6 Å². The van der Waals surface area contributed by atoms with Crippen molar-refractivity contribution >= 4 is 11.6 Å². The number of benzene rings is 1. The number of aliphatic hydroxyl groups is 1. The maximum Gasteiger partial charge on any atom is 0.289 e. The minimum atomic E-state index is -0.739. The Bertz CT molecular complexity index is 771. The number of furan rings is 1. The van der Waals surface area contributed by atoms with Gasteiger partial charge in [0, 0.05) is 38.8 Å². The highest BCUT2D eigenvalue weighted by Crippen LogP contribution is 2.19. The molecule has 3 rings (SSSR count). The summed E-state index contributed by atoms with van der Waals surface area (Å²) in [6.45, 7) is 2.82. The van der Waals surface area contributed by atoms with Gasteiger partial charge in [0.15, 0.2) is 5.76 Å². The highest BCUT2D eigenvalue weighted by Gasteiger charge is 2.24. The van der Waals surface area contributed by atoms with Crippen LogP contribution in [0, 0.1) is 10.1 Å². The molecule has 0 bridgehead atoms. The number of ether oxygens (including phenoxy) is 1. The average Bonchev–Trinajstić information content (AvgIpc) is 3.21. The first-order valence-electron chi connectivity index (χ1n) is 8.63. The van der Waals surface area contributed by atoms with E-state index in [1.54, 1.807) is 23.1 Å². The molecule has 1 N–H and O–H groups in total. The zero-order valence-electron chi connectivity index (χ0n) is 14.7. The second-order valence-corrected chi connectivity index (χ2v) is 6.29. The van der Waals surface area contributed by atoms with Crippen LogP contribution in [0.3, 0.4) is 0 Å². The first-order chi connectivity index (χ1) is 13.0. The number of hydrogen-bond donors (Lipinski definition) is 1. The van der Waals surface area contributed by atoms with Crippen molar-refractivity contribution in [3.05, 3.63) is 58.5 Å². The van der Waals surface area contributed by atoms with E-state index in [0.717, 1.165) is 0 Å². The Balaban J connectivity index is 1.42. The summed E-state index contributed by atoms with van der Waals surface area (Å²) in [6.07, 6.45) is 0.734. The van der Waals surface area contributed by atoms with E-state index in [0.29, 0.717) is 44.2 Å². The van der Waals surface area contributed by atoms with Crippen molar-refractivity contribution in [3.8, 4) is 5.75 Å². The van der Waals surface area contributed by atoms with Gasteiger partial charge in [0.05, 0.1) is 17.3 Å². The normalized spacial score (nSPS) is 16.1. The van der Waals surface area contributed by atoms with Crippen LogP contribution in [-0.2, 0) is 0 Å². The molecule has 144 valence electrons. The fourth-order valence-electron chi connectivity index (χ4n) is 2.92. The molecule has 1 aliphatic rings. The third-order valence-electron chi connectivity index (χ3n) is 4.33. The molecular formula is C18H21N3O6. The Morgan fingerprint density at radius 3 is 2.70 bits per heavy atom. The molecule has 1 fully saturated rings. The molecule has 9 heteroatoms. The lowest BCUT2D eigenvalue weighted by molar-refractivity contribution is -0.384. The van der Waals surface area contributed by atoms with Crippen LogP contribution >= 0.6 is 0 Å². The Morgan fingerprint density at radius 1 is 1.26 bits per heavy atom. The van der Waals surface area contributed by atoms with Crippen LogP contribution in [0.25, 0.3) is 0 Å². The second kappa shape index (κ2) is 8.65. The molecule has 27 heavy (non-hydrogen) atoms. The summed E-state index contributed by atoms with van der Waals surface area (Å²) in [4.78, 5) is 26.3. The van der Waals surface area contributed by atoms with E-state index in [2.05, 4.69) is 0 Å².